The van der Waals surface area contributed by atoms with Crippen molar-refractivity contribution in [3.63, 3.8) is 0 Å². The largest absolute Gasteiger partial charge is 0.504 e. The van der Waals surface area contributed by atoms with Crippen LogP contribution in [0.5, 0.6) is 11.5 Å². The summed E-state index contributed by atoms with van der Waals surface area (Å²) in [6, 6.07) is 3.13. The molecule has 22 heavy (non-hydrogen) atoms. The molecule has 0 saturated heterocycles. The average molecular weight is 311 g/mol. The second kappa shape index (κ2) is 7.65. The number of aromatic hydroxyl groups is 2. The molecule has 4 N–H and O–H groups in total. The maximum atomic E-state index is 11.8. The Labute approximate surface area is 128 Å². The van der Waals surface area contributed by atoms with E-state index in [9.17, 15) is 19.8 Å². The minimum Gasteiger partial charge on any atom is -0.504 e. The summed E-state index contributed by atoms with van der Waals surface area (Å²) in [5.41, 5.74) is 6.27. The van der Waals surface area contributed by atoms with Gasteiger partial charge in [0.1, 0.15) is 6.04 Å². The van der Waals surface area contributed by atoms with E-state index in [1.54, 1.807) is 13.8 Å². The van der Waals surface area contributed by atoms with Crippen molar-refractivity contribution in [2.45, 2.75) is 45.4 Å². The summed E-state index contributed by atoms with van der Waals surface area (Å²) in [6.07, 6.45) is -1.25. The number of carbonyl (C=O) groups excluding carboxylic acids is 2. The van der Waals surface area contributed by atoms with Gasteiger partial charge in [-0.2, -0.15) is 0 Å². The molecule has 0 fully saturated rings. The lowest BCUT2D eigenvalue weighted by Gasteiger charge is -2.17. The predicted molar refractivity (Wildman–Crippen MR) is 78.2 cm³/mol. The first-order valence-corrected chi connectivity index (χ1v) is 6.88. The molecule has 0 radical (unpaired) electrons. The van der Waals surface area contributed by atoms with Gasteiger partial charge in [0.2, 0.25) is 0 Å². The number of nitrogens with two attached hydrogens (primary N) is 1. The molecule has 7 nitrogen and oxygen atoms in total. The molecule has 0 spiro atoms. The number of phenols is 2. The van der Waals surface area contributed by atoms with Crippen LogP contribution < -0.4 is 5.73 Å². The highest BCUT2D eigenvalue weighted by Crippen LogP contribution is 2.25. The summed E-state index contributed by atoms with van der Waals surface area (Å²) < 4.78 is 9.87. The van der Waals surface area contributed by atoms with Gasteiger partial charge in [0.05, 0.1) is 6.10 Å². The predicted octanol–water partition coefficient (Wildman–Crippen LogP) is 0.851. The Bertz CT molecular complexity index is 543. The van der Waals surface area contributed by atoms with Gasteiger partial charge in [-0.15, -0.1) is 0 Å². The van der Waals surface area contributed by atoms with Crippen molar-refractivity contribution in [1.29, 1.82) is 0 Å². The lowest BCUT2D eigenvalue weighted by molar-refractivity contribution is -0.169. The van der Waals surface area contributed by atoms with Gasteiger partial charge in [0.25, 0.3) is 0 Å². The molecule has 0 aromatic heterocycles. The number of benzene rings is 1. The van der Waals surface area contributed by atoms with E-state index in [-0.39, 0.29) is 24.0 Å². The van der Waals surface area contributed by atoms with Crippen LogP contribution in [0.25, 0.3) is 0 Å². The number of carbonyl (C=O) groups is 2. The molecule has 0 bridgehead atoms. The van der Waals surface area contributed by atoms with E-state index in [1.807, 2.05) is 0 Å². The van der Waals surface area contributed by atoms with Crippen LogP contribution in [-0.2, 0) is 25.5 Å². The average Bonchev–Trinajstić information content (AvgIpc) is 2.41. The van der Waals surface area contributed by atoms with Crippen LogP contribution in [0.15, 0.2) is 18.2 Å². The van der Waals surface area contributed by atoms with Crippen molar-refractivity contribution in [2.24, 2.45) is 5.73 Å². The summed E-state index contributed by atoms with van der Waals surface area (Å²) in [5.74, 6) is -1.95. The van der Waals surface area contributed by atoms with Crippen LogP contribution in [0.1, 0.15) is 26.3 Å². The molecular formula is C15H21NO6. The maximum absolute atomic E-state index is 11.8. The first-order chi connectivity index (χ1) is 10.2. The Morgan fingerprint density at radius 2 is 1.73 bits per heavy atom. The van der Waals surface area contributed by atoms with Crippen LogP contribution in [0.2, 0.25) is 0 Å². The lowest BCUT2D eigenvalue weighted by Crippen LogP contribution is -2.38. The zero-order chi connectivity index (χ0) is 16.9. The molecule has 0 aliphatic rings. The smallest absolute Gasteiger partial charge is 0.347 e. The Morgan fingerprint density at radius 1 is 1.09 bits per heavy atom. The molecule has 122 valence electrons. The highest BCUT2D eigenvalue weighted by atomic mass is 16.6. The SMILES string of the molecule is CC(C)OC(=O)[C@H](C)OC(=O)[C@@H](N)Cc1ccc(O)c(O)c1. The maximum Gasteiger partial charge on any atom is 0.347 e. The third-order valence-electron chi connectivity index (χ3n) is 2.77. The van der Waals surface area contributed by atoms with Crippen molar-refractivity contribution in [2.75, 3.05) is 0 Å². The van der Waals surface area contributed by atoms with Crippen molar-refractivity contribution in [3.05, 3.63) is 23.8 Å². The molecule has 0 heterocycles. The molecule has 1 aromatic carbocycles. The van der Waals surface area contributed by atoms with Gasteiger partial charge in [-0.3, -0.25) is 4.79 Å². The normalized spacial score (nSPS) is 13.5. The van der Waals surface area contributed by atoms with Crippen LogP contribution in [0.3, 0.4) is 0 Å². The minimum absolute atomic E-state index is 0.0959. The third kappa shape index (κ3) is 5.25. The Hall–Kier alpha value is -2.28. The van der Waals surface area contributed by atoms with Gasteiger partial charge in [-0.1, -0.05) is 6.07 Å². The monoisotopic (exact) mass is 311 g/mol. The van der Waals surface area contributed by atoms with E-state index in [1.165, 1.54) is 25.1 Å². The molecule has 0 aliphatic carbocycles. The van der Waals surface area contributed by atoms with Gasteiger partial charge in [0.15, 0.2) is 17.6 Å². The lowest BCUT2D eigenvalue weighted by atomic mass is 10.1. The van der Waals surface area contributed by atoms with E-state index < -0.39 is 24.1 Å². The van der Waals surface area contributed by atoms with Gasteiger partial charge in [-0.25, -0.2) is 4.79 Å². The fourth-order valence-corrected chi connectivity index (χ4v) is 1.67. The fraction of sp³-hybridized carbons (Fsp3) is 0.467. The molecule has 0 amide bonds. The van der Waals surface area contributed by atoms with Crippen LogP contribution in [0, 0.1) is 0 Å². The summed E-state index contributed by atoms with van der Waals surface area (Å²) >= 11 is 0. The highest BCUT2D eigenvalue weighted by Gasteiger charge is 2.24. The zero-order valence-corrected chi connectivity index (χ0v) is 12.8. The Kier molecular flexibility index (Phi) is 6.18. The van der Waals surface area contributed by atoms with E-state index in [0.717, 1.165) is 0 Å². The summed E-state index contributed by atoms with van der Waals surface area (Å²) in [5, 5.41) is 18.6. The first kappa shape index (κ1) is 17.8. The van der Waals surface area contributed by atoms with Crippen LogP contribution in [-0.4, -0.2) is 40.4 Å². The molecule has 1 aromatic rings. The molecule has 0 saturated carbocycles. The first-order valence-electron chi connectivity index (χ1n) is 6.88. The number of hydrogen-bond donors (Lipinski definition) is 3. The van der Waals surface area contributed by atoms with Crippen molar-refractivity contribution >= 4 is 11.9 Å². The molecule has 0 unspecified atom stereocenters. The van der Waals surface area contributed by atoms with Gasteiger partial charge >= 0.3 is 11.9 Å². The van der Waals surface area contributed by atoms with Gasteiger partial charge in [0, 0.05) is 0 Å². The summed E-state index contributed by atoms with van der Waals surface area (Å²) in [7, 11) is 0. The molecule has 7 heteroatoms. The van der Waals surface area contributed by atoms with Crippen LogP contribution in [0.4, 0.5) is 0 Å². The van der Waals surface area contributed by atoms with E-state index in [2.05, 4.69) is 0 Å². The van der Waals surface area contributed by atoms with Crippen molar-refractivity contribution in [3.8, 4) is 11.5 Å². The Morgan fingerprint density at radius 3 is 2.27 bits per heavy atom. The summed E-state index contributed by atoms with van der Waals surface area (Å²) in [4.78, 5) is 23.4. The highest BCUT2D eigenvalue weighted by molar-refractivity contribution is 5.81. The quantitative estimate of drug-likeness (QED) is 0.526. The van der Waals surface area contributed by atoms with Gasteiger partial charge in [-0.05, 0) is 44.9 Å². The minimum atomic E-state index is -1.05. The number of phenolic OH excluding ortho intramolecular Hbond substituents is 2. The van der Waals surface area contributed by atoms with E-state index in [0.29, 0.717) is 5.56 Å². The van der Waals surface area contributed by atoms with Gasteiger partial charge < -0.3 is 25.4 Å². The number of hydrogen-bond acceptors (Lipinski definition) is 7. The fourth-order valence-electron chi connectivity index (χ4n) is 1.67. The van der Waals surface area contributed by atoms with Crippen molar-refractivity contribution < 1.29 is 29.3 Å². The van der Waals surface area contributed by atoms with Crippen molar-refractivity contribution in [1.82, 2.24) is 0 Å². The van der Waals surface area contributed by atoms with E-state index in [4.69, 9.17) is 15.2 Å². The molecule has 1 rings (SSSR count). The zero-order valence-electron chi connectivity index (χ0n) is 12.8. The standard InChI is InChI=1S/C15H21NO6/c1-8(2)21-14(19)9(3)22-15(20)11(16)6-10-4-5-12(17)13(18)7-10/h4-5,7-9,11,17-18H,6,16H2,1-3H3/t9-,11-/m0/s1. The second-order valence-electron chi connectivity index (χ2n) is 5.20. The summed E-state index contributed by atoms with van der Waals surface area (Å²) in [6.45, 7) is 4.78. The number of rotatable bonds is 6. The third-order valence-corrected chi connectivity index (χ3v) is 2.77. The van der Waals surface area contributed by atoms with E-state index >= 15 is 0 Å². The Balaban J connectivity index is 2.57. The second-order valence-corrected chi connectivity index (χ2v) is 5.20. The topological polar surface area (TPSA) is 119 Å². The van der Waals surface area contributed by atoms with Crippen LogP contribution >= 0.6 is 0 Å². The number of ether oxygens (including phenoxy) is 2. The molecule has 2 atom stereocenters. The number of esters is 2. The molecular weight excluding hydrogens is 290 g/mol. The molecule has 0 aliphatic heterocycles.